The van der Waals surface area contributed by atoms with Gasteiger partial charge in [0.1, 0.15) is 36.6 Å². The Balaban J connectivity index is 1.04. The number of allylic oxidation sites excluding steroid dienone is 1. The van der Waals surface area contributed by atoms with Crippen molar-refractivity contribution in [3.8, 4) is 0 Å². The molecule has 1 spiro atoms. The second-order valence-electron chi connectivity index (χ2n) is 17.9. The van der Waals surface area contributed by atoms with E-state index in [0.717, 1.165) is 45.1 Å². The molecule has 0 unspecified atom stereocenters. The molecule has 4 aliphatic heterocycles. The smallest absolute Gasteiger partial charge is 0.187 e. The Labute approximate surface area is 295 Å². The van der Waals surface area contributed by atoms with E-state index in [1.54, 1.807) is 6.92 Å². The first-order valence-corrected chi connectivity index (χ1v) is 19.4. The summed E-state index contributed by atoms with van der Waals surface area (Å²) in [5, 5.41) is 64.1. The van der Waals surface area contributed by atoms with E-state index in [0.29, 0.717) is 48.3 Å². The predicted molar refractivity (Wildman–Crippen MR) is 177 cm³/mol. The maximum absolute atomic E-state index is 11.1. The Kier molecular flexibility index (Phi) is 9.38. The quantitative estimate of drug-likeness (QED) is 0.235. The minimum Gasteiger partial charge on any atom is -0.393 e. The van der Waals surface area contributed by atoms with E-state index in [-0.39, 0.29) is 18.1 Å². The zero-order valence-corrected chi connectivity index (χ0v) is 30.2. The van der Waals surface area contributed by atoms with Gasteiger partial charge in [-0.05, 0) is 80.5 Å². The number of ether oxygens (including phenoxy) is 6. The standard InChI is InChI=1S/C38H60O12/c1-17-8-11-38(46-15-17)18(2)28-26(50-38)14-24-22-7-6-20-12-21(39)13-27(37(20,5)23(22)9-10-36(24,28)4)48-35-33(30(42)25(40)16-45-35)49-34-32(44)31(43)29(41)19(3)47-34/h6,17-19,21-35,39-44H,7-16H2,1-5H3/t17-,18-,19-,21+,22-,23+,24-,25+,26-,27+,28-,29-,30-,31+,32+,33+,34-,35-,36-,37-,38+/m0/s1. The summed E-state index contributed by atoms with van der Waals surface area (Å²) in [7, 11) is 0. The molecule has 0 aromatic rings. The predicted octanol–water partition coefficient (Wildman–Crippen LogP) is 2.00. The van der Waals surface area contributed by atoms with Crippen molar-refractivity contribution in [2.24, 2.45) is 46.3 Å². The van der Waals surface area contributed by atoms with Crippen LogP contribution in [0.1, 0.15) is 86.0 Å². The van der Waals surface area contributed by atoms with Crippen molar-refractivity contribution in [3.05, 3.63) is 11.6 Å². The first-order valence-electron chi connectivity index (χ1n) is 19.4. The summed E-state index contributed by atoms with van der Waals surface area (Å²) in [5.41, 5.74) is 0.917. The summed E-state index contributed by atoms with van der Waals surface area (Å²) in [5.74, 6) is 2.08. The number of hydrogen-bond acceptors (Lipinski definition) is 12. The van der Waals surface area contributed by atoms with Gasteiger partial charge in [-0.25, -0.2) is 0 Å². The first kappa shape index (κ1) is 36.2. The molecule has 12 nitrogen and oxygen atoms in total. The number of rotatable bonds is 4. The third kappa shape index (κ3) is 5.45. The lowest BCUT2D eigenvalue weighted by Gasteiger charge is -2.60. The van der Waals surface area contributed by atoms with Gasteiger partial charge in [-0.15, -0.1) is 0 Å². The Morgan fingerprint density at radius 3 is 2.34 bits per heavy atom. The molecule has 8 aliphatic rings. The lowest BCUT2D eigenvalue weighted by molar-refractivity contribution is -0.362. The van der Waals surface area contributed by atoms with Crippen LogP contribution in [0.25, 0.3) is 0 Å². The molecule has 0 aromatic heterocycles. The van der Waals surface area contributed by atoms with Crippen LogP contribution in [0.4, 0.5) is 0 Å². The number of hydrogen-bond donors (Lipinski definition) is 6. The number of fused-ring (bicyclic) bond motifs is 7. The molecule has 3 saturated carbocycles. The minimum absolute atomic E-state index is 0.134. The molecule has 21 atom stereocenters. The molecule has 284 valence electrons. The van der Waals surface area contributed by atoms with Gasteiger partial charge in [0.2, 0.25) is 0 Å². The summed E-state index contributed by atoms with van der Waals surface area (Å²) in [6.45, 7) is 11.5. The van der Waals surface area contributed by atoms with Gasteiger partial charge in [0, 0.05) is 24.2 Å². The molecule has 12 heteroatoms. The van der Waals surface area contributed by atoms with E-state index in [1.807, 2.05) is 0 Å². The van der Waals surface area contributed by atoms with Crippen molar-refractivity contribution in [1.29, 1.82) is 0 Å². The van der Waals surface area contributed by atoms with Crippen LogP contribution in [0.15, 0.2) is 11.6 Å². The fourth-order valence-electron chi connectivity index (χ4n) is 12.4. The van der Waals surface area contributed by atoms with Gasteiger partial charge < -0.3 is 59.1 Å². The van der Waals surface area contributed by atoms with E-state index in [1.165, 1.54) is 5.57 Å². The third-order valence-corrected chi connectivity index (χ3v) is 15.2. The van der Waals surface area contributed by atoms with E-state index in [4.69, 9.17) is 28.4 Å². The molecule has 4 heterocycles. The molecule has 0 radical (unpaired) electrons. The number of aliphatic hydroxyl groups excluding tert-OH is 6. The highest BCUT2D eigenvalue weighted by Gasteiger charge is 2.69. The third-order valence-electron chi connectivity index (χ3n) is 15.2. The fraction of sp³-hybridized carbons (Fsp3) is 0.947. The molecular weight excluding hydrogens is 648 g/mol. The van der Waals surface area contributed by atoms with Crippen LogP contribution in [0, 0.1) is 46.3 Å². The Morgan fingerprint density at radius 1 is 0.820 bits per heavy atom. The van der Waals surface area contributed by atoms with Gasteiger partial charge in [-0.1, -0.05) is 39.3 Å². The largest absolute Gasteiger partial charge is 0.393 e. The van der Waals surface area contributed by atoms with Gasteiger partial charge in [0.15, 0.2) is 18.4 Å². The Bertz CT molecular complexity index is 1290. The second kappa shape index (κ2) is 12.9. The van der Waals surface area contributed by atoms with Gasteiger partial charge in [0.05, 0.1) is 37.6 Å². The highest BCUT2D eigenvalue weighted by molar-refractivity contribution is 5.28. The normalized spacial score (nSPS) is 59.3. The summed E-state index contributed by atoms with van der Waals surface area (Å²) >= 11 is 0. The highest BCUT2D eigenvalue weighted by Crippen LogP contribution is 2.71. The van der Waals surface area contributed by atoms with Gasteiger partial charge in [-0.3, -0.25) is 0 Å². The lowest BCUT2D eigenvalue weighted by atomic mass is 9.46. The van der Waals surface area contributed by atoms with Crippen LogP contribution in [0.3, 0.4) is 0 Å². The molecule has 4 aliphatic carbocycles. The zero-order valence-electron chi connectivity index (χ0n) is 30.2. The number of aliphatic hydroxyl groups is 6. The van der Waals surface area contributed by atoms with Gasteiger partial charge in [-0.2, -0.15) is 0 Å². The van der Waals surface area contributed by atoms with Crippen LogP contribution >= 0.6 is 0 Å². The maximum atomic E-state index is 11.1. The van der Waals surface area contributed by atoms with Crippen LogP contribution in [0.2, 0.25) is 0 Å². The Hall–Kier alpha value is -0.740. The van der Waals surface area contributed by atoms with E-state index in [9.17, 15) is 30.6 Å². The SMILES string of the molecule is C[C@H]1CC[C@@]2(OC1)O[C@H]1C[C@H]3[C@H]4CC=C5C[C@@H](O)C[C@@H](O[C@@H]6OC[C@@H](O)[C@H](O)[C@H]6O[C@@H]6O[C@@H](C)[C@H](O)[C@@H](O)[C@H]6O)[C@]5(C)[C@@H]4CC[C@]3(C)[C@H]1[C@@H]2C. The van der Waals surface area contributed by atoms with E-state index >= 15 is 0 Å². The topological polar surface area (TPSA) is 177 Å². The van der Waals surface area contributed by atoms with Crippen molar-refractivity contribution in [2.45, 2.75) is 165 Å². The summed E-state index contributed by atoms with van der Waals surface area (Å²) in [6.07, 6.45) is -3.26. The van der Waals surface area contributed by atoms with Crippen molar-refractivity contribution in [1.82, 2.24) is 0 Å². The molecular formula is C38H60O12. The summed E-state index contributed by atoms with van der Waals surface area (Å²) in [4.78, 5) is 0. The molecule has 8 rings (SSSR count). The van der Waals surface area contributed by atoms with Crippen molar-refractivity contribution >= 4 is 0 Å². The monoisotopic (exact) mass is 708 g/mol. The van der Waals surface area contributed by atoms with E-state index in [2.05, 4.69) is 33.8 Å². The molecule has 0 aromatic carbocycles. The molecule has 0 bridgehead atoms. The summed E-state index contributed by atoms with van der Waals surface area (Å²) < 4.78 is 38.0. The molecule has 4 saturated heterocycles. The van der Waals surface area contributed by atoms with Gasteiger partial charge >= 0.3 is 0 Å². The minimum atomic E-state index is -1.60. The van der Waals surface area contributed by atoms with Crippen LogP contribution in [-0.2, 0) is 28.4 Å². The fourth-order valence-corrected chi connectivity index (χ4v) is 12.4. The van der Waals surface area contributed by atoms with Crippen LogP contribution in [-0.4, -0.2) is 123 Å². The second-order valence-corrected chi connectivity index (χ2v) is 17.9. The summed E-state index contributed by atoms with van der Waals surface area (Å²) in [6, 6.07) is 0. The van der Waals surface area contributed by atoms with Crippen LogP contribution in [0.5, 0.6) is 0 Å². The van der Waals surface area contributed by atoms with Crippen molar-refractivity contribution in [3.63, 3.8) is 0 Å². The van der Waals surface area contributed by atoms with Crippen molar-refractivity contribution < 1.29 is 59.1 Å². The Morgan fingerprint density at radius 2 is 1.60 bits per heavy atom. The lowest BCUT2D eigenvalue weighted by Crippen LogP contribution is -2.63. The zero-order chi connectivity index (χ0) is 35.5. The van der Waals surface area contributed by atoms with Gasteiger partial charge in [0.25, 0.3) is 0 Å². The highest BCUT2D eigenvalue weighted by atomic mass is 16.8. The van der Waals surface area contributed by atoms with Crippen LogP contribution < -0.4 is 0 Å². The molecule has 6 N–H and O–H groups in total. The molecule has 7 fully saturated rings. The van der Waals surface area contributed by atoms with Crippen molar-refractivity contribution in [2.75, 3.05) is 13.2 Å². The maximum Gasteiger partial charge on any atom is 0.187 e. The average molecular weight is 709 g/mol. The first-order chi connectivity index (χ1) is 23.7. The molecule has 0 amide bonds. The van der Waals surface area contributed by atoms with E-state index < -0.39 is 78.7 Å². The molecule has 50 heavy (non-hydrogen) atoms. The average Bonchev–Trinajstić information content (AvgIpc) is 3.53.